The molecular formula is C22H19N5O4S. The van der Waals surface area contributed by atoms with Crippen LogP contribution in [0.2, 0.25) is 0 Å². The van der Waals surface area contributed by atoms with Gasteiger partial charge in [0.25, 0.3) is 5.91 Å². The lowest BCUT2D eigenvalue weighted by atomic mass is 9.84. The fraction of sp³-hybridized carbons (Fsp3) is 0.227. The first-order chi connectivity index (χ1) is 15.5. The van der Waals surface area contributed by atoms with E-state index in [0.29, 0.717) is 29.3 Å². The molecule has 5 rings (SSSR count). The number of hydrogen-bond donors (Lipinski definition) is 2. The van der Waals surface area contributed by atoms with Crippen LogP contribution >= 0.6 is 11.3 Å². The Hall–Kier alpha value is -3.79. The van der Waals surface area contributed by atoms with Crippen LogP contribution in [0.25, 0.3) is 0 Å². The highest BCUT2D eigenvalue weighted by Gasteiger charge is 2.55. The minimum absolute atomic E-state index is 0.290. The van der Waals surface area contributed by atoms with Crippen molar-refractivity contribution < 1.29 is 19.1 Å². The monoisotopic (exact) mass is 449 g/mol. The van der Waals surface area contributed by atoms with E-state index in [2.05, 4.69) is 20.8 Å². The molecule has 2 aliphatic rings. The van der Waals surface area contributed by atoms with Crippen molar-refractivity contribution in [2.24, 2.45) is 0 Å². The van der Waals surface area contributed by atoms with Crippen molar-refractivity contribution in [1.82, 2.24) is 20.4 Å². The molecule has 0 bridgehead atoms. The van der Waals surface area contributed by atoms with Gasteiger partial charge in [-0.3, -0.25) is 19.8 Å². The Bertz CT molecular complexity index is 1200. The number of imide groups is 1. The average molecular weight is 449 g/mol. The molecule has 2 aliphatic heterocycles. The lowest BCUT2D eigenvalue weighted by Crippen LogP contribution is -2.48. The molecule has 0 unspecified atom stereocenters. The molecule has 1 saturated heterocycles. The predicted octanol–water partition coefficient (Wildman–Crippen LogP) is 2.30. The summed E-state index contributed by atoms with van der Waals surface area (Å²) in [4.78, 5) is 39.4. The zero-order chi connectivity index (χ0) is 22.1. The molecule has 1 fully saturated rings. The van der Waals surface area contributed by atoms with Gasteiger partial charge in [-0.25, -0.2) is 4.79 Å². The number of hydrogen-bond acceptors (Lipinski definition) is 7. The van der Waals surface area contributed by atoms with Gasteiger partial charge >= 0.3 is 6.03 Å². The summed E-state index contributed by atoms with van der Waals surface area (Å²) in [5, 5.41) is 14.6. The van der Waals surface area contributed by atoms with Gasteiger partial charge in [-0.2, -0.15) is 0 Å². The number of nitrogens with one attached hydrogen (secondary N) is 2. The van der Waals surface area contributed by atoms with Crippen LogP contribution in [0.3, 0.4) is 0 Å². The lowest BCUT2D eigenvalue weighted by Gasteiger charge is -2.33. The first kappa shape index (κ1) is 20.1. The Morgan fingerprint density at radius 1 is 1.12 bits per heavy atom. The van der Waals surface area contributed by atoms with Crippen LogP contribution in [0, 0.1) is 0 Å². The number of benzene rings is 2. The number of para-hydroxylation sites is 1. The molecule has 32 heavy (non-hydrogen) atoms. The molecule has 0 aliphatic carbocycles. The number of rotatable bonds is 5. The number of amides is 4. The third-order valence-corrected chi connectivity index (χ3v) is 6.31. The first-order valence-corrected chi connectivity index (χ1v) is 10.9. The molecule has 2 aromatic carbocycles. The Kier molecular flexibility index (Phi) is 5.06. The van der Waals surface area contributed by atoms with Crippen LogP contribution in [0.1, 0.15) is 22.6 Å². The molecule has 2 N–H and O–H groups in total. The molecule has 0 radical (unpaired) electrons. The quantitative estimate of drug-likeness (QED) is 0.578. The highest BCUT2D eigenvalue weighted by atomic mass is 32.1. The van der Waals surface area contributed by atoms with E-state index in [0.717, 1.165) is 15.5 Å². The summed E-state index contributed by atoms with van der Waals surface area (Å²) in [6.45, 7) is -0.124. The minimum Gasteiger partial charge on any atom is -0.493 e. The fourth-order valence-electron chi connectivity index (χ4n) is 3.96. The summed E-state index contributed by atoms with van der Waals surface area (Å²) in [6, 6.07) is 16.3. The van der Waals surface area contributed by atoms with Crippen LogP contribution < -0.4 is 15.4 Å². The van der Waals surface area contributed by atoms with Crippen molar-refractivity contribution in [3.8, 4) is 5.75 Å². The number of anilines is 1. The van der Waals surface area contributed by atoms with E-state index < -0.39 is 29.9 Å². The standard InChI is InChI=1S/C22H19N5O4S/c28-17(23-20-26-25-18(32-20)12-14-6-2-1-3-7-14)13-27-19(29)22(24-21(27)30)10-11-31-16-9-5-4-8-15(16)22/h1-9H,10-13H2,(H,24,30)(H,23,26,28)/t22-/m0/s1. The number of urea groups is 1. The van der Waals surface area contributed by atoms with Crippen LogP contribution in [0.4, 0.5) is 9.93 Å². The summed E-state index contributed by atoms with van der Waals surface area (Å²) in [6.07, 6.45) is 0.900. The van der Waals surface area contributed by atoms with Crippen molar-refractivity contribution >= 4 is 34.3 Å². The number of fused-ring (bicyclic) bond motifs is 2. The number of carbonyl (C=O) groups excluding carboxylic acids is 3. The number of carbonyl (C=O) groups is 3. The largest absolute Gasteiger partial charge is 0.493 e. The normalized spacial score (nSPS) is 19.4. The zero-order valence-electron chi connectivity index (χ0n) is 16.9. The molecule has 1 aromatic heterocycles. The predicted molar refractivity (Wildman–Crippen MR) is 116 cm³/mol. The second-order valence-corrected chi connectivity index (χ2v) is 8.59. The molecule has 162 valence electrons. The van der Waals surface area contributed by atoms with Crippen molar-refractivity contribution in [2.75, 3.05) is 18.5 Å². The summed E-state index contributed by atoms with van der Waals surface area (Å²) < 4.78 is 5.62. The number of aromatic nitrogens is 2. The highest BCUT2D eigenvalue weighted by Crippen LogP contribution is 2.40. The smallest absolute Gasteiger partial charge is 0.325 e. The van der Waals surface area contributed by atoms with E-state index in [4.69, 9.17) is 4.74 Å². The maximum atomic E-state index is 13.2. The summed E-state index contributed by atoms with van der Waals surface area (Å²) in [5.41, 5.74) is 0.475. The zero-order valence-corrected chi connectivity index (χ0v) is 17.7. The third kappa shape index (κ3) is 3.58. The van der Waals surface area contributed by atoms with E-state index in [1.54, 1.807) is 24.3 Å². The molecule has 3 heterocycles. The van der Waals surface area contributed by atoms with E-state index in [-0.39, 0.29) is 6.61 Å². The van der Waals surface area contributed by atoms with Gasteiger partial charge in [0.2, 0.25) is 11.0 Å². The lowest BCUT2D eigenvalue weighted by molar-refractivity contribution is -0.135. The molecule has 1 spiro atoms. The summed E-state index contributed by atoms with van der Waals surface area (Å²) >= 11 is 1.25. The second kappa shape index (κ2) is 8.04. The highest BCUT2D eigenvalue weighted by molar-refractivity contribution is 7.15. The topological polar surface area (TPSA) is 114 Å². The van der Waals surface area contributed by atoms with E-state index >= 15 is 0 Å². The van der Waals surface area contributed by atoms with Crippen LogP contribution in [-0.2, 0) is 21.5 Å². The Labute approximate surface area is 187 Å². The Morgan fingerprint density at radius 2 is 1.91 bits per heavy atom. The number of ether oxygens (including phenoxy) is 1. The van der Waals surface area contributed by atoms with Gasteiger partial charge < -0.3 is 10.1 Å². The van der Waals surface area contributed by atoms with Gasteiger partial charge in [0, 0.05) is 18.4 Å². The average Bonchev–Trinajstić information content (AvgIpc) is 3.32. The first-order valence-electron chi connectivity index (χ1n) is 10.1. The van der Waals surface area contributed by atoms with E-state index in [1.807, 2.05) is 30.3 Å². The molecular weight excluding hydrogens is 430 g/mol. The van der Waals surface area contributed by atoms with Crippen molar-refractivity contribution in [3.05, 3.63) is 70.7 Å². The maximum Gasteiger partial charge on any atom is 0.325 e. The van der Waals surface area contributed by atoms with Gasteiger partial charge in [-0.1, -0.05) is 59.9 Å². The molecule has 1 atom stereocenters. The summed E-state index contributed by atoms with van der Waals surface area (Å²) in [5.74, 6) is -0.428. The van der Waals surface area contributed by atoms with Gasteiger partial charge in [0.15, 0.2) is 5.54 Å². The molecule has 10 heteroatoms. The van der Waals surface area contributed by atoms with Gasteiger partial charge in [-0.15, -0.1) is 10.2 Å². The van der Waals surface area contributed by atoms with Crippen molar-refractivity contribution in [2.45, 2.75) is 18.4 Å². The molecule has 0 saturated carbocycles. The van der Waals surface area contributed by atoms with Gasteiger partial charge in [0.05, 0.1) is 6.61 Å². The SMILES string of the molecule is O=C(CN1C(=O)N[C@]2(CCOc3ccccc32)C1=O)Nc1nnc(Cc2ccccc2)s1. The van der Waals surface area contributed by atoms with Crippen LogP contribution in [0.15, 0.2) is 54.6 Å². The fourth-order valence-corrected chi connectivity index (χ4v) is 4.75. The summed E-state index contributed by atoms with van der Waals surface area (Å²) in [7, 11) is 0. The maximum absolute atomic E-state index is 13.2. The van der Waals surface area contributed by atoms with Crippen molar-refractivity contribution in [3.63, 3.8) is 0 Å². The van der Waals surface area contributed by atoms with Crippen LogP contribution in [-0.4, -0.2) is 46.1 Å². The van der Waals surface area contributed by atoms with Gasteiger partial charge in [0.1, 0.15) is 17.3 Å². The van der Waals surface area contributed by atoms with Crippen LogP contribution in [0.5, 0.6) is 5.75 Å². The van der Waals surface area contributed by atoms with Gasteiger partial charge in [-0.05, 0) is 11.6 Å². The van der Waals surface area contributed by atoms with E-state index in [1.165, 1.54) is 11.3 Å². The number of nitrogens with zero attached hydrogens (tertiary/aromatic N) is 3. The molecule has 4 amide bonds. The molecule has 9 nitrogen and oxygen atoms in total. The third-order valence-electron chi connectivity index (χ3n) is 5.47. The second-order valence-electron chi connectivity index (χ2n) is 7.53. The van der Waals surface area contributed by atoms with Crippen molar-refractivity contribution in [1.29, 1.82) is 0 Å². The Morgan fingerprint density at radius 3 is 2.75 bits per heavy atom. The Balaban J connectivity index is 1.27. The van der Waals surface area contributed by atoms with E-state index in [9.17, 15) is 14.4 Å². The minimum atomic E-state index is -1.21. The molecule has 3 aromatic rings.